The summed E-state index contributed by atoms with van der Waals surface area (Å²) in [6.45, 7) is 2.77. The van der Waals surface area contributed by atoms with E-state index in [2.05, 4.69) is 46.6 Å². The first-order valence-corrected chi connectivity index (χ1v) is 8.46. The van der Waals surface area contributed by atoms with Gasteiger partial charge in [0.05, 0.1) is 12.0 Å². The van der Waals surface area contributed by atoms with Crippen LogP contribution in [0.1, 0.15) is 30.9 Å². The summed E-state index contributed by atoms with van der Waals surface area (Å²) in [6, 6.07) is 13.2. The van der Waals surface area contributed by atoms with Gasteiger partial charge in [0.2, 0.25) is 0 Å². The van der Waals surface area contributed by atoms with Crippen molar-refractivity contribution in [1.29, 1.82) is 0 Å². The highest BCUT2D eigenvalue weighted by Crippen LogP contribution is 2.40. The van der Waals surface area contributed by atoms with Gasteiger partial charge in [-0.05, 0) is 49.2 Å². The van der Waals surface area contributed by atoms with Crippen LogP contribution >= 0.6 is 0 Å². The fourth-order valence-electron chi connectivity index (χ4n) is 4.11. The SMILES string of the molecule is O=C(O)C1CCCN(C2CNc3ccc4ccccc4c32)CC1. The Balaban J connectivity index is 1.65. The number of nitrogens with one attached hydrogen (secondary N) is 1. The van der Waals surface area contributed by atoms with Crippen LogP contribution in [0, 0.1) is 5.92 Å². The first-order valence-electron chi connectivity index (χ1n) is 8.46. The monoisotopic (exact) mass is 310 g/mol. The molecule has 2 unspecified atom stereocenters. The number of hydrogen-bond acceptors (Lipinski definition) is 3. The molecule has 4 rings (SSSR count). The molecule has 0 bridgehead atoms. The topological polar surface area (TPSA) is 52.6 Å². The molecule has 0 spiro atoms. The van der Waals surface area contributed by atoms with E-state index >= 15 is 0 Å². The van der Waals surface area contributed by atoms with E-state index in [9.17, 15) is 9.90 Å². The summed E-state index contributed by atoms with van der Waals surface area (Å²) in [6.07, 6.45) is 2.52. The molecule has 0 radical (unpaired) electrons. The lowest BCUT2D eigenvalue weighted by atomic mass is 9.98. The Bertz CT molecular complexity index is 743. The predicted molar refractivity (Wildman–Crippen MR) is 91.7 cm³/mol. The van der Waals surface area contributed by atoms with Gasteiger partial charge in [0.1, 0.15) is 0 Å². The van der Waals surface area contributed by atoms with Crippen LogP contribution in [-0.2, 0) is 4.79 Å². The standard InChI is InChI=1S/C19H22N2O2/c22-19(23)14-5-3-10-21(11-9-14)17-12-20-16-8-7-13-4-1-2-6-15(13)18(16)17/h1-2,4,6-8,14,17,20H,3,5,9-12H2,(H,22,23). The van der Waals surface area contributed by atoms with E-state index in [0.29, 0.717) is 6.04 Å². The van der Waals surface area contributed by atoms with Crippen molar-refractivity contribution < 1.29 is 9.90 Å². The molecule has 0 amide bonds. The third-order valence-electron chi connectivity index (χ3n) is 5.34. The lowest BCUT2D eigenvalue weighted by Crippen LogP contribution is -2.31. The van der Waals surface area contributed by atoms with E-state index in [1.54, 1.807) is 0 Å². The summed E-state index contributed by atoms with van der Waals surface area (Å²) in [5.41, 5.74) is 2.62. The molecule has 23 heavy (non-hydrogen) atoms. The molecule has 0 aliphatic carbocycles. The number of rotatable bonds is 2. The number of carboxylic acids is 1. The maximum absolute atomic E-state index is 11.3. The number of hydrogen-bond donors (Lipinski definition) is 2. The molecule has 2 N–H and O–H groups in total. The largest absolute Gasteiger partial charge is 0.481 e. The molecule has 4 nitrogen and oxygen atoms in total. The normalized spacial score (nSPS) is 24.9. The van der Waals surface area contributed by atoms with Gasteiger partial charge in [-0.15, -0.1) is 0 Å². The van der Waals surface area contributed by atoms with Crippen LogP contribution in [0.2, 0.25) is 0 Å². The fourth-order valence-corrected chi connectivity index (χ4v) is 4.11. The summed E-state index contributed by atoms with van der Waals surface area (Å²) in [5, 5.41) is 15.4. The Morgan fingerprint density at radius 3 is 2.87 bits per heavy atom. The molecule has 2 heterocycles. The van der Waals surface area contributed by atoms with Crippen molar-refractivity contribution in [2.24, 2.45) is 5.92 Å². The van der Waals surface area contributed by atoms with Crippen LogP contribution < -0.4 is 5.32 Å². The van der Waals surface area contributed by atoms with Crippen LogP contribution in [0.5, 0.6) is 0 Å². The molecule has 4 heteroatoms. The summed E-state index contributed by atoms with van der Waals surface area (Å²) in [7, 11) is 0. The quantitative estimate of drug-likeness (QED) is 0.891. The van der Waals surface area contributed by atoms with Gasteiger partial charge in [-0.3, -0.25) is 9.69 Å². The Morgan fingerprint density at radius 1 is 1.13 bits per heavy atom. The molecule has 2 aromatic rings. The summed E-state index contributed by atoms with van der Waals surface area (Å²) >= 11 is 0. The second-order valence-electron chi connectivity index (χ2n) is 6.65. The van der Waals surface area contributed by atoms with Crippen LogP contribution in [0.4, 0.5) is 5.69 Å². The molecular weight excluding hydrogens is 288 g/mol. The minimum absolute atomic E-state index is 0.179. The van der Waals surface area contributed by atoms with Gasteiger partial charge in [0, 0.05) is 17.8 Å². The Morgan fingerprint density at radius 2 is 2.00 bits per heavy atom. The van der Waals surface area contributed by atoms with Crippen molar-refractivity contribution in [1.82, 2.24) is 4.90 Å². The minimum atomic E-state index is -0.637. The molecule has 2 aliphatic rings. The number of likely N-dealkylation sites (tertiary alicyclic amines) is 1. The number of aliphatic carboxylic acids is 1. The highest BCUT2D eigenvalue weighted by molar-refractivity contribution is 5.91. The van der Waals surface area contributed by atoms with Crippen molar-refractivity contribution in [2.45, 2.75) is 25.3 Å². The number of benzene rings is 2. The first kappa shape index (κ1) is 14.5. The fraction of sp³-hybridized carbons (Fsp3) is 0.421. The highest BCUT2D eigenvalue weighted by atomic mass is 16.4. The van der Waals surface area contributed by atoms with E-state index in [1.165, 1.54) is 22.0 Å². The lowest BCUT2D eigenvalue weighted by Gasteiger charge is -2.28. The van der Waals surface area contributed by atoms with E-state index < -0.39 is 5.97 Å². The van der Waals surface area contributed by atoms with Gasteiger partial charge in [-0.25, -0.2) is 0 Å². The second-order valence-corrected chi connectivity index (χ2v) is 6.65. The highest BCUT2D eigenvalue weighted by Gasteiger charge is 2.32. The smallest absolute Gasteiger partial charge is 0.306 e. The number of fused-ring (bicyclic) bond motifs is 3. The van der Waals surface area contributed by atoms with Gasteiger partial charge < -0.3 is 10.4 Å². The summed E-state index contributed by atoms with van der Waals surface area (Å²) in [4.78, 5) is 13.8. The molecule has 2 aromatic carbocycles. The number of carbonyl (C=O) groups is 1. The van der Waals surface area contributed by atoms with E-state index in [4.69, 9.17) is 0 Å². The third-order valence-corrected chi connectivity index (χ3v) is 5.34. The maximum atomic E-state index is 11.3. The molecule has 1 saturated heterocycles. The van der Waals surface area contributed by atoms with Gasteiger partial charge in [-0.1, -0.05) is 30.3 Å². The number of carboxylic acid groups (broad SMARTS) is 1. The van der Waals surface area contributed by atoms with Crippen molar-refractivity contribution >= 4 is 22.4 Å². The zero-order valence-electron chi connectivity index (χ0n) is 13.2. The summed E-state index contributed by atoms with van der Waals surface area (Å²) < 4.78 is 0. The van der Waals surface area contributed by atoms with Crippen molar-refractivity contribution in [3.8, 4) is 0 Å². The molecule has 2 atom stereocenters. The number of nitrogens with zero attached hydrogens (tertiary/aromatic N) is 1. The first-order chi connectivity index (χ1) is 11.2. The zero-order valence-corrected chi connectivity index (χ0v) is 13.2. The second kappa shape index (κ2) is 5.85. The van der Waals surface area contributed by atoms with Gasteiger partial charge in [0.25, 0.3) is 0 Å². The molecule has 2 aliphatic heterocycles. The van der Waals surface area contributed by atoms with E-state index in [-0.39, 0.29) is 5.92 Å². The average molecular weight is 310 g/mol. The number of anilines is 1. The molecule has 0 aromatic heterocycles. The van der Waals surface area contributed by atoms with Crippen molar-refractivity contribution in [3.05, 3.63) is 42.0 Å². The molecule has 120 valence electrons. The van der Waals surface area contributed by atoms with Crippen LogP contribution in [0.25, 0.3) is 10.8 Å². The van der Waals surface area contributed by atoms with Crippen molar-refractivity contribution in [2.75, 3.05) is 25.0 Å². The molecule has 0 saturated carbocycles. The van der Waals surface area contributed by atoms with Crippen LogP contribution in [0.15, 0.2) is 36.4 Å². The van der Waals surface area contributed by atoms with Gasteiger partial charge in [-0.2, -0.15) is 0 Å². The third kappa shape index (κ3) is 2.57. The molecular formula is C19H22N2O2. The Kier molecular flexibility index (Phi) is 3.69. The van der Waals surface area contributed by atoms with Crippen LogP contribution in [0.3, 0.4) is 0 Å². The van der Waals surface area contributed by atoms with Crippen molar-refractivity contribution in [3.63, 3.8) is 0 Å². The Labute approximate surface area is 136 Å². The van der Waals surface area contributed by atoms with Crippen LogP contribution in [-0.4, -0.2) is 35.6 Å². The summed E-state index contributed by atoms with van der Waals surface area (Å²) in [5.74, 6) is -0.816. The van der Waals surface area contributed by atoms with Gasteiger partial charge in [0.15, 0.2) is 0 Å². The lowest BCUT2D eigenvalue weighted by molar-refractivity contribution is -0.142. The van der Waals surface area contributed by atoms with E-state index in [1.807, 2.05) is 0 Å². The minimum Gasteiger partial charge on any atom is -0.481 e. The average Bonchev–Trinajstić information content (AvgIpc) is 2.84. The maximum Gasteiger partial charge on any atom is 0.306 e. The zero-order chi connectivity index (χ0) is 15.8. The molecule has 1 fully saturated rings. The predicted octanol–water partition coefficient (Wildman–Crippen LogP) is 3.49. The Hall–Kier alpha value is -2.07. The van der Waals surface area contributed by atoms with Gasteiger partial charge >= 0.3 is 5.97 Å². The van der Waals surface area contributed by atoms with E-state index in [0.717, 1.165) is 38.9 Å².